The second-order valence-corrected chi connectivity index (χ2v) is 4.15. The van der Waals surface area contributed by atoms with Gasteiger partial charge in [-0.05, 0) is 26.3 Å². The number of hydrogen-bond acceptors (Lipinski definition) is 2. The Labute approximate surface area is 92.8 Å². The fourth-order valence-corrected chi connectivity index (χ4v) is 1.86. The van der Waals surface area contributed by atoms with E-state index >= 15 is 0 Å². The Balaban J connectivity index is 2.29. The van der Waals surface area contributed by atoms with Gasteiger partial charge in [0.15, 0.2) is 0 Å². The largest absolute Gasteiger partial charge is 0.390 e. The summed E-state index contributed by atoms with van der Waals surface area (Å²) in [5.41, 5.74) is 0. The molecule has 0 bridgehead atoms. The summed E-state index contributed by atoms with van der Waals surface area (Å²) in [4.78, 5) is 11.6. The van der Waals surface area contributed by atoms with Crippen LogP contribution in [0, 0.1) is 5.92 Å². The number of piperidine rings is 1. The van der Waals surface area contributed by atoms with Crippen LogP contribution in [-0.4, -0.2) is 31.2 Å². The van der Waals surface area contributed by atoms with E-state index in [0.717, 1.165) is 19.4 Å². The molecule has 2 N–H and O–H groups in total. The molecule has 0 aliphatic carbocycles. The summed E-state index contributed by atoms with van der Waals surface area (Å²) in [6, 6.07) is 0.0413. The van der Waals surface area contributed by atoms with Gasteiger partial charge in [0.05, 0.1) is 12.3 Å². The van der Waals surface area contributed by atoms with Gasteiger partial charge in [-0.1, -0.05) is 0 Å². The maximum absolute atomic E-state index is 11.9. The third-order valence-corrected chi connectivity index (χ3v) is 2.81. The summed E-state index contributed by atoms with van der Waals surface area (Å²) in [6.07, 6.45) is -3.54. The SMILES string of the molecule is CC1NCCCC1C(=O)NCCC(F)(F)F. The van der Waals surface area contributed by atoms with E-state index in [0.29, 0.717) is 0 Å². The lowest BCUT2D eigenvalue weighted by Gasteiger charge is -2.28. The van der Waals surface area contributed by atoms with Crippen LogP contribution < -0.4 is 10.6 Å². The van der Waals surface area contributed by atoms with E-state index in [2.05, 4.69) is 10.6 Å². The summed E-state index contributed by atoms with van der Waals surface area (Å²) in [6.45, 7) is 2.42. The van der Waals surface area contributed by atoms with E-state index in [1.807, 2.05) is 6.92 Å². The highest BCUT2D eigenvalue weighted by molar-refractivity contribution is 5.79. The minimum atomic E-state index is -4.20. The van der Waals surface area contributed by atoms with Crippen LogP contribution in [0.3, 0.4) is 0 Å². The molecule has 1 amide bonds. The van der Waals surface area contributed by atoms with Gasteiger partial charge in [0.1, 0.15) is 0 Å². The molecule has 94 valence electrons. The molecule has 1 heterocycles. The minimum Gasteiger partial charge on any atom is -0.355 e. The van der Waals surface area contributed by atoms with E-state index in [-0.39, 0.29) is 24.4 Å². The van der Waals surface area contributed by atoms with Gasteiger partial charge < -0.3 is 10.6 Å². The molecule has 1 rings (SSSR count). The van der Waals surface area contributed by atoms with Crippen LogP contribution in [0.15, 0.2) is 0 Å². The number of amides is 1. The molecule has 0 aromatic rings. The van der Waals surface area contributed by atoms with E-state index in [9.17, 15) is 18.0 Å². The highest BCUT2D eigenvalue weighted by Crippen LogP contribution is 2.19. The predicted molar refractivity (Wildman–Crippen MR) is 53.9 cm³/mol. The normalized spacial score (nSPS) is 26.5. The Kier molecular flexibility index (Phi) is 4.58. The highest BCUT2D eigenvalue weighted by atomic mass is 19.4. The van der Waals surface area contributed by atoms with Crippen molar-refractivity contribution in [2.24, 2.45) is 5.92 Å². The van der Waals surface area contributed by atoms with Crippen LogP contribution in [-0.2, 0) is 4.79 Å². The van der Waals surface area contributed by atoms with Gasteiger partial charge in [-0.3, -0.25) is 4.79 Å². The molecule has 0 spiro atoms. The number of carbonyl (C=O) groups excluding carboxylic acids is 1. The number of nitrogens with one attached hydrogen (secondary N) is 2. The Hall–Kier alpha value is -0.780. The first-order chi connectivity index (χ1) is 7.40. The van der Waals surface area contributed by atoms with Crippen molar-refractivity contribution in [1.82, 2.24) is 10.6 Å². The third-order valence-electron chi connectivity index (χ3n) is 2.81. The zero-order valence-corrected chi connectivity index (χ0v) is 9.23. The quantitative estimate of drug-likeness (QED) is 0.781. The monoisotopic (exact) mass is 238 g/mol. The molecule has 0 aromatic carbocycles. The number of hydrogen-bond donors (Lipinski definition) is 2. The fourth-order valence-electron chi connectivity index (χ4n) is 1.86. The molecule has 2 atom stereocenters. The maximum Gasteiger partial charge on any atom is 0.390 e. The van der Waals surface area contributed by atoms with E-state index in [1.54, 1.807) is 0 Å². The zero-order chi connectivity index (χ0) is 12.2. The summed E-state index contributed by atoms with van der Waals surface area (Å²) in [7, 11) is 0. The second-order valence-electron chi connectivity index (χ2n) is 4.15. The molecule has 16 heavy (non-hydrogen) atoms. The summed E-state index contributed by atoms with van der Waals surface area (Å²) in [5.74, 6) is -0.481. The maximum atomic E-state index is 11.9. The zero-order valence-electron chi connectivity index (χ0n) is 9.23. The van der Waals surface area contributed by atoms with Crippen molar-refractivity contribution in [2.45, 2.75) is 38.4 Å². The average molecular weight is 238 g/mol. The van der Waals surface area contributed by atoms with E-state index in [4.69, 9.17) is 0 Å². The summed E-state index contributed by atoms with van der Waals surface area (Å²) >= 11 is 0. The lowest BCUT2D eigenvalue weighted by atomic mass is 9.91. The van der Waals surface area contributed by atoms with Crippen molar-refractivity contribution in [3.05, 3.63) is 0 Å². The molecule has 1 aliphatic heterocycles. The van der Waals surface area contributed by atoms with Gasteiger partial charge in [-0.2, -0.15) is 13.2 Å². The number of halogens is 3. The van der Waals surface area contributed by atoms with Crippen LogP contribution in [0.25, 0.3) is 0 Å². The van der Waals surface area contributed by atoms with Crippen LogP contribution in [0.5, 0.6) is 0 Å². The average Bonchev–Trinajstić information content (AvgIpc) is 2.16. The smallest absolute Gasteiger partial charge is 0.355 e. The van der Waals surface area contributed by atoms with Gasteiger partial charge >= 0.3 is 6.18 Å². The molecule has 1 fully saturated rings. The topological polar surface area (TPSA) is 41.1 Å². The molecule has 1 aliphatic rings. The lowest BCUT2D eigenvalue weighted by molar-refractivity contribution is -0.137. The lowest BCUT2D eigenvalue weighted by Crippen LogP contribution is -2.47. The van der Waals surface area contributed by atoms with Gasteiger partial charge in [-0.25, -0.2) is 0 Å². The fraction of sp³-hybridized carbons (Fsp3) is 0.900. The molecule has 0 radical (unpaired) electrons. The van der Waals surface area contributed by atoms with Gasteiger partial charge in [-0.15, -0.1) is 0 Å². The van der Waals surface area contributed by atoms with Crippen molar-refractivity contribution < 1.29 is 18.0 Å². The van der Waals surface area contributed by atoms with E-state index < -0.39 is 12.6 Å². The molecule has 1 saturated heterocycles. The molecule has 2 unspecified atom stereocenters. The number of rotatable bonds is 3. The van der Waals surface area contributed by atoms with Crippen LogP contribution >= 0.6 is 0 Å². The Morgan fingerprint density at radius 1 is 1.50 bits per heavy atom. The van der Waals surface area contributed by atoms with E-state index in [1.165, 1.54) is 0 Å². The first kappa shape index (κ1) is 13.3. The molecule has 6 heteroatoms. The van der Waals surface area contributed by atoms with Crippen LogP contribution in [0.2, 0.25) is 0 Å². The number of alkyl halides is 3. The van der Waals surface area contributed by atoms with Gasteiger partial charge in [0.25, 0.3) is 0 Å². The van der Waals surface area contributed by atoms with Crippen molar-refractivity contribution in [3.8, 4) is 0 Å². The van der Waals surface area contributed by atoms with Gasteiger partial charge in [0, 0.05) is 12.6 Å². The van der Waals surface area contributed by atoms with Crippen molar-refractivity contribution in [2.75, 3.05) is 13.1 Å². The minimum absolute atomic E-state index is 0.0413. The van der Waals surface area contributed by atoms with Gasteiger partial charge in [0.2, 0.25) is 5.91 Å². The molecular weight excluding hydrogens is 221 g/mol. The summed E-state index contributed by atoms with van der Waals surface area (Å²) in [5, 5.41) is 5.48. The third kappa shape index (κ3) is 4.38. The molecule has 0 aromatic heterocycles. The molecular formula is C10H17F3N2O. The highest BCUT2D eigenvalue weighted by Gasteiger charge is 2.29. The first-order valence-corrected chi connectivity index (χ1v) is 5.48. The molecule has 3 nitrogen and oxygen atoms in total. The first-order valence-electron chi connectivity index (χ1n) is 5.48. The van der Waals surface area contributed by atoms with Crippen molar-refractivity contribution in [3.63, 3.8) is 0 Å². The summed E-state index contributed by atoms with van der Waals surface area (Å²) < 4.78 is 35.6. The van der Waals surface area contributed by atoms with Crippen LogP contribution in [0.1, 0.15) is 26.2 Å². The van der Waals surface area contributed by atoms with Crippen molar-refractivity contribution >= 4 is 5.91 Å². The second kappa shape index (κ2) is 5.52. The Morgan fingerprint density at radius 3 is 2.75 bits per heavy atom. The van der Waals surface area contributed by atoms with Crippen molar-refractivity contribution in [1.29, 1.82) is 0 Å². The Bertz CT molecular complexity index is 243. The van der Waals surface area contributed by atoms with Crippen LogP contribution in [0.4, 0.5) is 13.2 Å². The standard InChI is InChI=1S/C10H17F3N2O/c1-7-8(3-2-5-14-7)9(16)15-6-4-10(11,12)13/h7-8,14H,2-6H2,1H3,(H,15,16). The Morgan fingerprint density at radius 2 is 2.19 bits per heavy atom. The number of carbonyl (C=O) groups is 1. The molecule has 0 saturated carbocycles. The predicted octanol–water partition coefficient (Wildman–Crippen LogP) is 1.44.